The number of aromatic nitrogens is 1. The average Bonchev–Trinajstić information content (AvgIpc) is 2.85. The van der Waals surface area contributed by atoms with Crippen molar-refractivity contribution in [2.75, 3.05) is 26.2 Å². The van der Waals surface area contributed by atoms with Gasteiger partial charge in [-0.15, -0.1) is 24.8 Å². The zero-order valence-electron chi connectivity index (χ0n) is 11.5. The number of fused-ring (bicyclic) bond motifs is 1. The molecule has 4 nitrogen and oxygen atoms in total. The summed E-state index contributed by atoms with van der Waals surface area (Å²) < 4.78 is 0. The van der Waals surface area contributed by atoms with Gasteiger partial charge in [-0.05, 0) is 50.4 Å². The molecule has 2 fully saturated rings. The highest BCUT2D eigenvalue weighted by molar-refractivity contribution is 5.95. The van der Waals surface area contributed by atoms with Gasteiger partial charge in [0.1, 0.15) is 0 Å². The zero-order chi connectivity index (χ0) is 12.5. The molecule has 0 aliphatic carbocycles. The number of hydrogen-bond acceptors (Lipinski definition) is 3. The van der Waals surface area contributed by atoms with E-state index in [9.17, 15) is 4.79 Å². The van der Waals surface area contributed by atoms with Gasteiger partial charge in [0.15, 0.2) is 0 Å². The normalized spacial score (nSPS) is 24.4. The summed E-state index contributed by atoms with van der Waals surface area (Å²) >= 11 is 0. The van der Waals surface area contributed by atoms with Crippen LogP contribution in [0.15, 0.2) is 18.3 Å². The van der Waals surface area contributed by atoms with Crippen LogP contribution in [-0.4, -0.2) is 42.0 Å². The standard InChI is InChI=1S/C14H19N3O.2ClH/c1-10-13(3-2-5-16-10)14(18)17-6-4-11-7-15-8-12(11)9-17;;/h2-3,5,11-12,15H,4,6-9H2,1H3;2*1H. The Labute approximate surface area is 132 Å². The van der Waals surface area contributed by atoms with E-state index in [0.717, 1.165) is 49.8 Å². The molecule has 1 aromatic heterocycles. The minimum Gasteiger partial charge on any atom is -0.338 e. The molecule has 3 heterocycles. The number of amides is 1. The maximum absolute atomic E-state index is 12.5. The molecular formula is C14H21Cl2N3O. The summed E-state index contributed by atoms with van der Waals surface area (Å²) in [5.41, 5.74) is 1.58. The lowest BCUT2D eigenvalue weighted by Gasteiger charge is -2.34. The van der Waals surface area contributed by atoms with E-state index in [4.69, 9.17) is 0 Å². The molecule has 0 aromatic carbocycles. The summed E-state index contributed by atoms with van der Waals surface area (Å²) in [6.07, 6.45) is 2.86. The molecule has 1 amide bonds. The summed E-state index contributed by atoms with van der Waals surface area (Å²) in [5.74, 6) is 1.55. The topological polar surface area (TPSA) is 45.2 Å². The van der Waals surface area contributed by atoms with Crippen LogP contribution in [0, 0.1) is 18.8 Å². The van der Waals surface area contributed by atoms with E-state index in [-0.39, 0.29) is 30.7 Å². The number of carbonyl (C=O) groups excluding carboxylic acids is 1. The molecule has 0 saturated carbocycles. The fraction of sp³-hybridized carbons (Fsp3) is 0.571. The highest BCUT2D eigenvalue weighted by Crippen LogP contribution is 2.27. The van der Waals surface area contributed by atoms with E-state index in [1.54, 1.807) is 6.20 Å². The summed E-state index contributed by atoms with van der Waals surface area (Å²) in [7, 11) is 0. The zero-order valence-corrected chi connectivity index (χ0v) is 13.2. The largest absolute Gasteiger partial charge is 0.338 e. The number of carbonyl (C=O) groups is 1. The highest BCUT2D eigenvalue weighted by atomic mass is 35.5. The smallest absolute Gasteiger partial charge is 0.255 e. The Morgan fingerprint density at radius 1 is 1.35 bits per heavy atom. The SMILES string of the molecule is Cc1ncccc1C(=O)N1CCC2CNCC2C1.Cl.Cl. The number of piperidine rings is 1. The molecule has 0 spiro atoms. The van der Waals surface area contributed by atoms with Gasteiger partial charge < -0.3 is 10.2 Å². The number of halogens is 2. The molecule has 2 aliphatic heterocycles. The second-order valence-corrected chi connectivity index (χ2v) is 5.35. The molecule has 20 heavy (non-hydrogen) atoms. The van der Waals surface area contributed by atoms with Gasteiger partial charge in [-0.25, -0.2) is 0 Å². The van der Waals surface area contributed by atoms with Crippen LogP contribution in [0.4, 0.5) is 0 Å². The lowest BCUT2D eigenvalue weighted by Crippen LogP contribution is -2.43. The highest BCUT2D eigenvalue weighted by Gasteiger charge is 2.34. The van der Waals surface area contributed by atoms with Gasteiger partial charge in [-0.2, -0.15) is 0 Å². The maximum Gasteiger partial charge on any atom is 0.255 e. The molecular weight excluding hydrogens is 297 g/mol. The van der Waals surface area contributed by atoms with Crippen molar-refractivity contribution in [1.82, 2.24) is 15.2 Å². The van der Waals surface area contributed by atoms with Crippen molar-refractivity contribution < 1.29 is 4.79 Å². The average molecular weight is 318 g/mol. The number of nitrogens with zero attached hydrogens (tertiary/aromatic N) is 2. The quantitative estimate of drug-likeness (QED) is 0.860. The van der Waals surface area contributed by atoms with Gasteiger partial charge in [0, 0.05) is 25.0 Å². The van der Waals surface area contributed by atoms with Crippen molar-refractivity contribution in [3.63, 3.8) is 0 Å². The van der Waals surface area contributed by atoms with E-state index >= 15 is 0 Å². The predicted octanol–water partition coefficient (Wildman–Crippen LogP) is 1.92. The van der Waals surface area contributed by atoms with Gasteiger partial charge in [0.25, 0.3) is 5.91 Å². The van der Waals surface area contributed by atoms with Crippen LogP contribution in [0.5, 0.6) is 0 Å². The predicted molar refractivity (Wildman–Crippen MR) is 83.8 cm³/mol. The number of pyridine rings is 1. The Kier molecular flexibility index (Phi) is 6.24. The molecule has 2 saturated heterocycles. The Balaban J connectivity index is 0.000001000. The van der Waals surface area contributed by atoms with Crippen molar-refractivity contribution in [2.45, 2.75) is 13.3 Å². The molecule has 0 radical (unpaired) electrons. The molecule has 6 heteroatoms. The van der Waals surface area contributed by atoms with Gasteiger partial charge in [0.05, 0.1) is 5.56 Å². The van der Waals surface area contributed by atoms with Gasteiger partial charge in [-0.3, -0.25) is 9.78 Å². The first-order chi connectivity index (χ1) is 8.75. The summed E-state index contributed by atoms with van der Waals surface area (Å²) in [6.45, 7) is 5.86. The van der Waals surface area contributed by atoms with Crippen LogP contribution < -0.4 is 5.32 Å². The maximum atomic E-state index is 12.5. The Hall–Kier alpha value is -0.840. The number of hydrogen-bond donors (Lipinski definition) is 1. The van der Waals surface area contributed by atoms with Crippen LogP contribution in [-0.2, 0) is 0 Å². The number of aryl methyl sites for hydroxylation is 1. The first-order valence-electron chi connectivity index (χ1n) is 6.67. The third-order valence-corrected chi connectivity index (χ3v) is 4.23. The van der Waals surface area contributed by atoms with Crippen molar-refractivity contribution in [3.05, 3.63) is 29.6 Å². The Morgan fingerprint density at radius 3 is 2.85 bits per heavy atom. The summed E-state index contributed by atoms with van der Waals surface area (Å²) in [4.78, 5) is 18.7. The molecule has 0 bridgehead atoms. The van der Waals surface area contributed by atoms with Crippen LogP contribution >= 0.6 is 24.8 Å². The van der Waals surface area contributed by atoms with Gasteiger partial charge >= 0.3 is 0 Å². The second-order valence-electron chi connectivity index (χ2n) is 5.35. The van der Waals surface area contributed by atoms with Crippen molar-refractivity contribution >= 4 is 30.7 Å². The lowest BCUT2D eigenvalue weighted by molar-refractivity contribution is 0.0641. The monoisotopic (exact) mass is 317 g/mol. The summed E-state index contributed by atoms with van der Waals surface area (Å²) in [5, 5.41) is 3.42. The fourth-order valence-electron chi connectivity index (χ4n) is 3.10. The molecule has 1 aromatic rings. The van der Waals surface area contributed by atoms with Crippen LogP contribution in [0.25, 0.3) is 0 Å². The molecule has 2 unspecified atom stereocenters. The van der Waals surface area contributed by atoms with E-state index in [1.165, 1.54) is 0 Å². The first kappa shape index (κ1) is 17.2. The third kappa shape index (κ3) is 3.25. The second kappa shape index (κ2) is 7.25. The number of likely N-dealkylation sites (tertiary alicyclic amines) is 1. The van der Waals surface area contributed by atoms with E-state index < -0.39 is 0 Å². The van der Waals surface area contributed by atoms with Crippen LogP contribution in [0.1, 0.15) is 22.5 Å². The van der Waals surface area contributed by atoms with Crippen molar-refractivity contribution in [1.29, 1.82) is 0 Å². The third-order valence-electron chi connectivity index (χ3n) is 4.23. The Morgan fingerprint density at radius 2 is 2.10 bits per heavy atom. The lowest BCUT2D eigenvalue weighted by atomic mass is 9.88. The van der Waals surface area contributed by atoms with Crippen LogP contribution in [0.2, 0.25) is 0 Å². The fourth-order valence-corrected chi connectivity index (χ4v) is 3.10. The first-order valence-corrected chi connectivity index (χ1v) is 6.67. The van der Waals surface area contributed by atoms with E-state index in [0.29, 0.717) is 5.92 Å². The molecule has 2 aliphatic rings. The van der Waals surface area contributed by atoms with E-state index in [2.05, 4.69) is 10.3 Å². The minimum absolute atomic E-state index is 0. The van der Waals surface area contributed by atoms with Crippen molar-refractivity contribution in [2.24, 2.45) is 11.8 Å². The number of rotatable bonds is 1. The minimum atomic E-state index is 0. The van der Waals surface area contributed by atoms with Gasteiger partial charge in [0.2, 0.25) is 0 Å². The molecule has 3 rings (SSSR count). The summed E-state index contributed by atoms with van der Waals surface area (Å²) in [6, 6.07) is 3.72. The molecule has 112 valence electrons. The number of nitrogens with one attached hydrogen (secondary N) is 1. The van der Waals surface area contributed by atoms with E-state index in [1.807, 2.05) is 24.0 Å². The van der Waals surface area contributed by atoms with Crippen LogP contribution in [0.3, 0.4) is 0 Å². The molecule has 2 atom stereocenters. The molecule has 1 N–H and O–H groups in total. The van der Waals surface area contributed by atoms with Gasteiger partial charge in [-0.1, -0.05) is 0 Å². The Bertz CT molecular complexity index is 469. The van der Waals surface area contributed by atoms with Crippen molar-refractivity contribution in [3.8, 4) is 0 Å².